The van der Waals surface area contributed by atoms with Gasteiger partial charge in [0.1, 0.15) is 12.3 Å². The number of rotatable bonds is 5. The van der Waals surface area contributed by atoms with Crippen LogP contribution in [0.5, 0.6) is 5.75 Å². The van der Waals surface area contributed by atoms with Crippen LogP contribution >= 0.6 is 0 Å². The first-order valence-electron chi connectivity index (χ1n) is 10.5. The molecule has 0 aliphatic carbocycles. The molecule has 32 heavy (non-hydrogen) atoms. The molecule has 2 heterocycles. The van der Waals surface area contributed by atoms with Crippen molar-refractivity contribution in [2.24, 2.45) is 5.73 Å². The molecule has 0 spiro atoms. The van der Waals surface area contributed by atoms with Gasteiger partial charge in [0, 0.05) is 35.5 Å². The number of nitrogens with two attached hydrogens (primary N) is 1. The number of hydrogen-bond acceptors (Lipinski definition) is 3. The molecule has 1 saturated heterocycles. The number of aromatic hydroxyl groups is 1. The van der Waals surface area contributed by atoms with Crippen LogP contribution in [-0.2, 0) is 16.1 Å². The minimum atomic E-state index is -0.435. The van der Waals surface area contributed by atoms with Crippen molar-refractivity contribution in [1.29, 1.82) is 0 Å². The monoisotopic (exact) mass is 425 g/mol. The number of carbonyl (C=O) groups is 2. The normalized spacial score (nSPS) is 13.9. The summed E-state index contributed by atoms with van der Waals surface area (Å²) in [5, 5.41) is 13.2. The Balaban J connectivity index is 1.63. The van der Waals surface area contributed by atoms with E-state index in [4.69, 9.17) is 5.73 Å². The first-order valence-corrected chi connectivity index (χ1v) is 10.5. The van der Waals surface area contributed by atoms with Gasteiger partial charge in [-0.3, -0.25) is 9.59 Å². The Morgan fingerprint density at radius 1 is 1.06 bits per heavy atom. The fourth-order valence-corrected chi connectivity index (χ4v) is 4.60. The van der Waals surface area contributed by atoms with Crippen molar-refractivity contribution in [3.63, 3.8) is 0 Å². The van der Waals surface area contributed by atoms with E-state index >= 15 is 0 Å². The zero-order valence-corrected chi connectivity index (χ0v) is 17.5. The van der Waals surface area contributed by atoms with Crippen LogP contribution < -0.4 is 5.73 Å². The minimum Gasteiger partial charge on any atom is -0.508 e. The second-order valence-corrected chi connectivity index (χ2v) is 8.26. The topological polar surface area (TPSA) is 88.6 Å². The number of likely N-dealkylation sites (tertiary alicyclic amines) is 1. The molecule has 0 unspecified atom stereocenters. The molecule has 0 saturated carbocycles. The maximum absolute atomic E-state index is 11.9. The fraction of sp³-hybridized carbons (Fsp3) is 0.154. The molecule has 4 aromatic rings. The van der Waals surface area contributed by atoms with E-state index in [-0.39, 0.29) is 24.1 Å². The molecular weight excluding hydrogens is 402 g/mol. The summed E-state index contributed by atoms with van der Waals surface area (Å²) >= 11 is 0. The molecule has 2 amide bonds. The van der Waals surface area contributed by atoms with Crippen LogP contribution in [0, 0.1) is 0 Å². The number of benzene rings is 3. The molecule has 0 radical (unpaired) electrons. The summed E-state index contributed by atoms with van der Waals surface area (Å²) in [5.74, 6) is -0.0487. The number of phenolic OH excluding ortho intramolecular Hbond substituents is 1. The van der Waals surface area contributed by atoms with E-state index in [1.807, 2.05) is 47.0 Å². The second kappa shape index (κ2) is 7.57. The first kappa shape index (κ1) is 19.9. The van der Waals surface area contributed by atoms with Crippen LogP contribution in [0.15, 0.2) is 73.3 Å². The van der Waals surface area contributed by atoms with Gasteiger partial charge >= 0.3 is 0 Å². The molecule has 160 valence electrons. The van der Waals surface area contributed by atoms with Crippen LogP contribution in [0.1, 0.15) is 11.5 Å². The van der Waals surface area contributed by atoms with E-state index < -0.39 is 5.91 Å². The van der Waals surface area contributed by atoms with Crippen LogP contribution in [0.4, 0.5) is 0 Å². The third kappa shape index (κ3) is 3.30. The van der Waals surface area contributed by atoms with Crippen molar-refractivity contribution >= 4 is 33.5 Å². The lowest BCUT2D eigenvalue weighted by molar-refractivity contribution is -0.130. The molecule has 1 aliphatic rings. The van der Waals surface area contributed by atoms with E-state index in [2.05, 4.69) is 12.6 Å². The number of amides is 2. The highest BCUT2D eigenvalue weighted by Gasteiger charge is 2.30. The largest absolute Gasteiger partial charge is 0.508 e. The Hall–Kier alpha value is -4.06. The zero-order chi connectivity index (χ0) is 22.4. The molecule has 6 nitrogen and oxygen atoms in total. The Morgan fingerprint density at radius 2 is 1.84 bits per heavy atom. The van der Waals surface area contributed by atoms with Crippen molar-refractivity contribution < 1.29 is 14.7 Å². The number of aromatic nitrogens is 1. The van der Waals surface area contributed by atoms with Gasteiger partial charge in [0.2, 0.25) is 11.8 Å². The van der Waals surface area contributed by atoms with Gasteiger partial charge in [-0.05, 0) is 52.7 Å². The summed E-state index contributed by atoms with van der Waals surface area (Å²) in [6.45, 7) is 4.92. The Kier molecular flexibility index (Phi) is 4.70. The van der Waals surface area contributed by atoms with Gasteiger partial charge in [-0.2, -0.15) is 0 Å². The van der Waals surface area contributed by atoms with E-state index in [9.17, 15) is 14.7 Å². The number of nitrogens with zero attached hydrogens (tertiary/aromatic N) is 2. The van der Waals surface area contributed by atoms with Crippen LogP contribution in [0.3, 0.4) is 0 Å². The van der Waals surface area contributed by atoms with Crippen LogP contribution in [0.2, 0.25) is 0 Å². The molecule has 0 bridgehead atoms. The predicted molar refractivity (Wildman–Crippen MR) is 125 cm³/mol. The Morgan fingerprint density at radius 3 is 2.59 bits per heavy atom. The SMILES string of the molecule is C=CC(=O)N1CC(c2ccc3c(c2)cc(-c2cc(O)cc4ccccc24)n3CC(N)=O)C1. The van der Waals surface area contributed by atoms with Crippen molar-refractivity contribution in [2.75, 3.05) is 13.1 Å². The maximum atomic E-state index is 11.9. The van der Waals surface area contributed by atoms with Gasteiger partial charge < -0.3 is 20.3 Å². The molecule has 5 rings (SSSR count). The van der Waals surface area contributed by atoms with Gasteiger partial charge in [-0.15, -0.1) is 0 Å². The van der Waals surface area contributed by atoms with E-state index in [0.717, 1.165) is 38.5 Å². The van der Waals surface area contributed by atoms with Crippen molar-refractivity contribution in [3.8, 4) is 17.0 Å². The minimum absolute atomic E-state index is 0.0349. The maximum Gasteiger partial charge on any atom is 0.245 e. The summed E-state index contributed by atoms with van der Waals surface area (Å²) in [7, 11) is 0. The smallest absolute Gasteiger partial charge is 0.245 e. The van der Waals surface area contributed by atoms with E-state index in [1.54, 1.807) is 17.0 Å². The average molecular weight is 425 g/mol. The standard InChI is InChI=1S/C26H23N3O3/c1-2-26(32)28-13-19(14-28)16-7-8-23-18(9-16)11-24(29(23)15-25(27)31)22-12-20(30)10-17-5-3-4-6-21(17)22/h2-12,19,30H,1,13-15H2,(H2,27,31). The summed E-state index contributed by atoms with van der Waals surface area (Å²) in [5.41, 5.74) is 9.28. The number of hydrogen-bond donors (Lipinski definition) is 2. The fourth-order valence-electron chi connectivity index (χ4n) is 4.60. The highest BCUT2D eigenvalue weighted by molar-refractivity contribution is 6.00. The number of phenols is 1. The quantitative estimate of drug-likeness (QED) is 0.477. The second-order valence-electron chi connectivity index (χ2n) is 8.26. The molecule has 3 aromatic carbocycles. The molecule has 3 N–H and O–H groups in total. The molecule has 1 aliphatic heterocycles. The van der Waals surface area contributed by atoms with Crippen molar-refractivity contribution in [3.05, 3.63) is 78.9 Å². The third-order valence-corrected chi connectivity index (χ3v) is 6.20. The van der Waals surface area contributed by atoms with Gasteiger partial charge in [0.15, 0.2) is 0 Å². The average Bonchev–Trinajstić information content (AvgIpc) is 3.08. The summed E-state index contributed by atoms with van der Waals surface area (Å²) in [6, 6.07) is 19.5. The van der Waals surface area contributed by atoms with Gasteiger partial charge in [0.25, 0.3) is 0 Å². The highest BCUT2D eigenvalue weighted by Crippen LogP contribution is 2.37. The molecule has 6 heteroatoms. The lowest BCUT2D eigenvalue weighted by atomic mass is 9.90. The number of fused-ring (bicyclic) bond motifs is 2. The number of carbonyl (C=O) groups excluding carboxylic acids is 2. The number of primary amides is 1. The summed E-state index contributed by atoms with van der Waals surface area (Å²) < 4.78 is 1.90. The lowest BCUT2D eigenvalue weighted by Crippen LogP contribution is -2.47. The predicted octanol–water partition coefficient (Wildman–Crippen LogP) is 3.76. The van der Waals surface area contributed by atoms with Crippen molar-refractivity contribution in [1.82, 2.24) is 9.47 Å². The van der Waals surface area contributed by atoms with Crippen LogP contribution in [-0.4, -0.2) is 39.5 Å². The highest BCUT2D eigenvalue weighted by atomic mass is 16.3. The molecule has 1 aromatic heterocycles. The van der Waals surface area contributed by atoms with Gasteiger partial charge in [0.05, 0.1) is 5.69 Å². The zero-order valence-electron chi connectivity index (χ0n) is 17.5. The van der Waals surface area contributed by atoms with Crippen LogP contribution in [0.25, 0.3) is 32.9 Å². The van der Waals surface area contributed by atoms with Gasteiger partial charge in [-0.1, -0.05) is 36.9 Å². The molecule has 0 atom stereocenters. The Bertz CT molecular complexity index is 1400. The molecular formula is C26H23N3O3. The lowest BCUT2D eigenvalue weighted by Gasteiger charge is -2.39. The summed E-state index contributed by atoms with van der Waals surface area (Å²) in [6.07, 6.45) is 1.34. The third-order valence-electron chi connectivity index (χ3n) is 6.20. The van der Waals surface area contributed by atoms with Crippen molar-refractivity contribution in [2.45, 2.75) is 12.5 Å². The van der Waals surface area contributed by atoms with E-state index in [0.29, 0.717) is 13.1 Å². The molecule has 1 fully saturated rings. The van der Waals surface area contributed by atoms with E-state index in [1.165, 1.54) is 6.08 Å². The summed E-state index contributed by atoms with van der Waals surface area (Å²) in [4.78, 5) is 25.4. The van der Waals surface area contributed by atoms with Gasteiger partial charge in [-0.25, -0.2) is 0 Å². The first-order chi connectivity index (χ1) is 15.4. The Labute approximate surface area is 185 Å².